The van der Waals surface area contributed by atoms with Crippen LogP contribution >= 0.6 is 0 Å². The van der Waals surface area contributed by atoms with Gasteiger partial charge in [-0.25, -0.2) is 12.8 Å². The molecular formula is C31H38FN3O6S. The average molecular weight is 600 g/mol. The molecule has 1 atom stereocenters. The molecule has 0 aliphatic rings. The van der Waals surface area contributed by atoms with Crippen molar-refractivity contribution in [3.63, 3.8) is 0 Å². The van der Waals surface area contributed by atoms with E-state index in [2.05, 4.69) is 5.32 Å². The molecule has 0 spiro atoms. The Bertz CT molecular complexity index is 1450. The zero-order valence-corrected chi connectivity index (χ0v) is 25.4. The summed E-state index contributed by atoms with van der Waals surface area (Å²) in [6.45, 7) is 7.11. The molecule has 2 amide bonds. The van der Waals surface area contributed by atoms with Crippen LogP contribution in [0, 0.1) is 5.82 Å². The first-order valence-corrected chi connectivity index (χ1v) is 15.2. The number of nitrogens with one attached hydrogen (secondary N) is 1. The van der Waals surface area contributed by atoms with E-state index in [1.807, 2.05) is 20.8 Å². The van der Waals surface area contributed by atoms with Crippen LogP contribution in [0.2, 0.25) is 0 Å². The van der Waals surface area contributed by atoms with E-state index in [4.69, 9.17) is 9.47 Å². The summed E-state index contributed by atoms with van der Waals surface area (Å²) in [5, 5.41) is 2.86. The van der Waals surface area contributed by atoms with Crippen LogP contribution in [0.4, 0.5) is 10.1 Å². The summed E-state index contributed by atoms with van der Waals surface area (Å²) in [6, 6.07) is 16.7. The minimum Gasteiger partial charge on any atom is -0.497 e. The minimum absolute atomic E-state index is 0.0355. The lowest BCUT2D eigenvalue weighted by atomic mass is 10.1. The molecule has 0 aromatic heterocycles. The van der Waals surface area contributed by atoms with E-state index >= 15 is 0 Å². The second-order valence-electron chi connectivity index (χ2n) is 9.85. The molecule has 0 radical (unpaired) electrons. The molecule has 0 fully saturated rings. The standard InChI is InChI=1S/C31H38FN3O6S/c1-6-29(31(37)33-22(3)4)34(20-23-9-8-10-27(19-23)40-5)30(36)21-35(25-13-15-26(16-14-25)41-7-2)42(38,39)28-17-11-24(32)12-18-28/h8-19,22,29H,6-7,20-21H2,1-5H3,(H,33,37). The van der Waals surface area contributed by atoms with Gasteiger partial charge in [0.2, 0.25) is 11.8 Å². The molecule has 0 bridgehead atoms. The van der Waals surface area contributed by atoms with Gasteiger partial charge < -0.3 is 19.7 Å². The maximum atomic E-state index is 14.1. The van der Waals surface area contributed by atoms with E-state index in [-0.39, 0.29) is 29.1 Å². The predicted octanol–water partition coefficient (Wildman–Crippen LogP) is 4.76. The molecule has 0 saturated heterocycles. The number of benzene rings is 3. The number of rotatable bonds is 14. The van der Waals surface area contributed by atoms with Crippen molar-refractivity contribution < 1.29 is 31.9 Å². The van der Waals surface area contributed by atoms with Crippen LogP contribution in [-0.2, 0) is 26.2 Å². The van der Waals surface area contributed by atoms with Gasteiger partial charge in [-0.2, -0.15) is 0 Å². The average Bonchev–Trinajstić information content (AvgIpc) is 2.96. The molecule has 3 aromatic carbocycles. The van der Waals surface area contributed by atoms with Gasteiger partial charge in [0.1, 0.15) is 29.9 Å². The molecule has 226 valence electrons. The van der Waals surface area contributed by atoms with Gasteiger partial charge in [-0.05, 0) is 93.4 Å². The Morgan fingerprint density at radius 1 is 0.952 bits per heavy atom. The summed E-state index contributed by atoms with van der Waals surface area (Å²) >= 11 is 0. The lowest BCUT2D eigenvalue weighted by Gasteiger charge is -2.33. The third-order valence-corrected chi connectivity index (χ3v) is 8.21. The predicted molar refractivity (Wildman–Crippen MR) is 159 cm³/mol. The summed E-state index contributed by atoms with van der Waals surface area (Å²) < 4.78 is 53.2. The molecule has 0 aliphatic heterocycles. The number of hydrogen-bond donors (Lipinski definition) is 1. The first kappa shape index (κ1) is 32.4. The van der Waals surface area contributed by atoms with Crippen LogP contribution in [-0.4, -0.2) is 57.5 Å². The van der Waals surface area contributed by atoms with Gasteiger partial charge in [-0.15, -0.1) is 0 Å². The number of sulfonamides is 1. The monoisotopic (exact) mass is 599 g/mol. The minimum atomic E-state index is -4.32. The van der Waals surface area contributed by atoms with Gasteiger partial charge in [-0.3, -0.25) is 13.9 Å². The van der Waals surface area contributed by atoms with Crippen molar-refractivity contribution in [3.05, 3.63) is 84.2 Å². The Labute approximate surface area is 247 Å². The smallest absolute Gasteiger partial charge is 0.264 e. The van der Waals surface area contributed by atoms with E-state index in [1.165, 1.54) is 24.1 Å². The molecule has 3 rings (SSSR count). The third kappa shape index (κ3) is 8.22. The van der Waals surface area contributed by atoms with Crippen molar-refractivity contribution in [1.82, 2.24) is 10.2 Å². The van der Waals surface area contributed by atoms with Gasteiger partial charge in [0, 0.05) is 12.6 Å². The summed E-state index contributed by atoms with van der Waals surface area (Å²) in [5.41, 5.74) is 0.907. The fourth-order valence-electron chi connectivity index (χ4n) is 4.41. The highest BCUT2D eigenvalue weighted by atomic mass is 32.2. The van der Waals surface area contributed by atoms with Crippen LogP contribution in [0.1, 0.15) is 39.7 Å². The Morgan fingerprint density at radius 2 is 1.62 bits per heavy atom. The highest BCUT2D eigenvalue weighted by molar-refractivity contribution is 7.92. The van der Waals surface area contributed by atoms with Crippen LogP contribution in [0.5, 0.6) is 11.5 Å². The van der Waals surface area contributed by atoms with Crippen LogP contribution in [0.25, 0.3) is 0 Å². The SMILES string of the molecule is CCOc1ccc(N(CC(=O)N(Cc2cccc(OC)c2)C(CC)C(=O)NC(C)C)S(=O)(=O)c2ccc(F)cc2)cc1. The van der Waals surface area contributed by atoms with Crippen LogP contribution in [0.15, 0.2) is 77.7 Å². The van der Waals surface area contributed by atoms with E-state index < -0.39 is 34.3 Å². The van der Waals surface area contributed by atoms with Crippen molar-refractivity contribution in [2.75, 3.05) is 24.6 Å². The van der Waals surface area contributed by atoms with Gasteiger partial charge in [-0.1, -0.05) is 19.1 Å². The molecular weight excluding hydrogens is 561 g/mol. The maximum Gasteiger partial charge on any atom is 0.264 e. The second-order valence-corrected chi connectivity index (χ2v) is 11.7. The van der Waals surface area contributed by atoms with Gasteiger partial charge in [0.25, 0.3) is 10.0 Å². The summed E-state index contributed by atoms with van der Waals surface area (Å²) in [5.74, 6) is -0.429. The largest absolute Gasteiger partial charge is 0.497 e. The number of methoxy groups -OCH3 is 1. The molecule has 1 unspecified atom stereocenters. The highest BCUT2D eigenvalue weighted by Crippen LogP contribution is 2.27. The summed E-state index contributed by atoms with van der Waals surface area (Å²) in [7, 11) is -2.79. The Kier molecular flexibility index (Phi) is 11.3. The Hall–Kier alpha value is -4.12. The molecule has 42 heavy (non-hydrogen) atoms. The van der Waals surface area contributed by atoms with Gasteiger partial charge in [0.05, 0.1) is 24.3 Å². The fourth-order valence-corrected chi connectivity index (χ4v) is 5.82. The van der Waals surface area contributed by atoms with E-state index in [1.54, 1.807) is 43.3 Å². The molecule has 0 aliphatic carbocycles. The summed E-state index contributed by atoms with van der Waals surface area (Å²) in [6.07, 6.45) is 0.294. The normalized spacial score (nSPS) is 12.0. The zero-order chi connectivity index (χ0) is 30.9. The molecule has 3 aromatic rings. The van der Waals surface area contributed by atoms with Crippen molar-refractivity contribution in [2.24, 2.45) is 0 Å². The van der Waals surface area contributed by atoms with Crippen molar-refractivity contribution in [3.8, 4) is 11.5 Å². The highest BCUT2D eigenvalue weighted by Gasteiger charge is 2.34. The molecule has 1 N–H and O–H groups in total. The van der Waals surface area contributed by atoms with Gasteiger partial charge >= 0.3 is 0 Å². The topological polar surface area (TPSA) is 105 Å². The third-order valence-electron chi connectivity index (χ3n) is 6.42. The quantitative estimate of drug-likeness (QED) is 0.287. The summed E-state index contributed by atoms with van der Waals surface area (Å²) in [4.78, 5) is 28.5. The lowest BCUT2D eigenvalue weighted by molar-refractivity contribution is -0.140. The van der Waals surface area contributed by atoms with E-state index in [0.717, 1.165) is 28.6 Å². The first-order chi connectivity index (χ1) is 20.0. The van der Waals surface area contributed by atoms with E-state index in [9.17, 15) is 22.4 Å². The number of halogens is 1. The molecule has 0 heterocycles. The van der Waals surface area contributed by atoms with Crippen molar-refractivity contribution in [2.45, 2.75) is 57.6 Å². The number of hydrogen-bond acceptors (Lipinski definition) is 6. The van der Waals surface area contributed by atoms with Crippen molar-refractivity contribution >= 4 is 27.5 Å². The maximum absolute atomic E-state index is 14.1. The fraction of sp³-hybridized carbons (Fsp3) is 0.355. The van der Waals surface area contributed by atoms with Crippen LogP contribution < -0.4 is 19.1 Å². The second kappa shape index (κ2) is 14.7. The number of carbonyl (C=O) groups excluding carboxylic acids is 2. The van der Waals surface area contributed by atoms with Crippen LogP contribution in [0.3, 0.4) is 0 Å². The zero-order valence-electron chi connectivity index (χ0n) is 24.5. The molecule has 9 nitrogen and oxygen atoms in total. The number of ether oxygens (including phenoxy) is 2. The Balaban J connectivity index is 2.07. The molecule has 0 saturated carbocycles. The molecule has 11 heteroatoms. The Morgan fingerprint density at radius 3 is 2.19 bits per heavy atom. The lowest BCUT2D eigenvalue weighted by Crippen LogP contribution is -2.53. The number of amides is 2. The van der Waals surface area contributed by atoms with Crippen molar-refractivity contribution in [1.29, 1.82) is 0 Å². The number of carbonyl (C=O) groups is 2. The number of nitrogens with zero attached hydrogens (tertiary/aromatic N) is 2. The first-order valence-electron chi connectivity index (χ1n) is 13.7. The number of anilines is 1. The van der Waals surface area contributed by atoms with E-state index in [0.29, 0.717) is 30.1 Å². The van der Waals surface area contributed by atoms with Gasteiger partial charge in [0.15, 0.2) is 0 Å².